The van der Waals surface area contributed by atoms with Crippen molar-refractivity contribution in [3.8, 4) is 5.75 Å². The molecule has 0 radical (unpaired) electrons. The van der Waals surface area contributed by atoms with Gasteiger partial charge in [-0.05, 0) is 48.6 Å². The summed E-state index contributed by atoms with van der Waals surface area (Å²) in [5.74, 6) is -3.71. The fourth-order valence-corrected chi connectivity index (χ4v) is 3.39. The van der Waals surface area contributed by atoms with Crippen LogP contribution in [0.3, 0.4) is 0 Å². The number of rotatable bonds is 5. The molecule has 7 heteroatoms. The Morgan fingerprint density at radius 1 is 1.26 bits per heavy atom. The van der Waals surface area contributed by atoms with Crippen LogP contribution in [0.5, 0.6) is 5.75 Å². The fourth-order valence-electron chi connectivity index (χ4n) is 3.39. The minimum atomic E-state index is -1.000. The standard InChI is InChI=1S/C20H19F2NO4/c1-27-16-6-5-15(21)17(18(16)22)19(24)23-8-7-13(11-23)9-12-3-2-4-14(10-12)20(25)26/h2-6,10,13H,7-9,11H2,1H3,(H,25,26)/t13-/m1/s1. The zero-order valence-electron chi connectivity index (χ0n) is 14.7. The molecule has 142 valence electrons. The first-order chi connectivity index (χ1) is 12.9. The Kier molecular flexibility index (Phi) is 5.39. The molecule has 1 heterocycles. The molecule has 1 amide bonds. The third kappa shape index (κ3) is 3.92. The number of amides is 1. The number of halogens is 2. The lowest BCUT2D eigenvalue weighted by atomic mass is 9.97. The summed E-state index contributed by atoms with van der Waals surface area (Å²) in [6.45, 7) is 0.741. The van der Waals surface area contributed by atoms with Gasteiger partial charge in [-0.15, -0.1) is 0 Å². The number of ether oxygens (including phenoxy) is 1. The quantitative estimate of drug-likeness (QED) is 0.870. The van der Waals surface area contributed by atoms with Crippen molar-refractivity contribution < 1.29 is 28.2 Å². The largest absolute Gasteiger partial charge is 0.494 e. The van der Waals surface area contributed by atoms with Gasteiger partial charge in [-0.1, -0.05) is 12.1 Å². The van der Waals surface area contributed by atoms with E-state index < -0.39 is 29.1 Å². The highest BCUT2D eigenvalue weighted by Gasteiger charge is 2.31. The van der Waals surface area contributed by atoms with Crippen molar-refractivity contribution in [3.05, 3.63) is 64.7 Å². The molecule has 0 bridgehead atoms. The molecule has 2 aromatic carbocycles. The van der Waals surface area contributed by atoms with Gasteiger partial charge in [0.2, 0.25) is 0 Å². The lowest BCUT2D eigenvalue weighted by Crippen LogP contribution is -2.30. The molecule has 27 heavy (non-hydrogen) atoms. The summed E-state index contributed by atoms with van der Waals surface area (Å²) in [5, 5.41) is 9.07. The van der Waals surface area contributed by atoms with Crippen LogP contribution in [0.15, 0.2) is 36.4 Å². The lowest BCUT2D eigenvalue weighted by Gasteiger charge is -2.18. The van der Waals surface area contributed by atoms with Crippen LogP contribution in [0.2, 0.25) is 0 Å². The second-order valence-electron chi connectivity index (χ2n) is 6.55. The van der Waals surface area contributed by atoms with Gasteiger partial charge in [0.15, 0.2) is 11.6 Å². The van der Waals surface area contributed by atoms with Gasteiger partial charge >= 0.3 is 5.97 Å². The van der Waals surface area contributed by atoms with E-state index in [0.717, 1.165) is 17.7 Å². The van der Waals surface area contributed by atoms with Gasteiger partial charge in [0.25, 0.3) is 5.91 Å². The zero-order valence-corrected chi connectivity index (χ0v) is 14.7. The molecule has 2 aromatic rings. The van der Waals surface area contributed by atoms with E-state index in [1.54, 1.807) is 12.1 Å². The summed E-state index contributed by atoms with van der Waals surface area (Å²) in [5.41, 5.74) is 0.453. The van der Waals surface area contributed by atoms with Crippen LogP contribution < -0.4 is 4.74 Å². The Balaban J connectivity index is 1.72. The number of nitrogens with zero attached hydrogens (tertiary/aromatic N) is 1. The normalized spacial score (nSPS) is 16.4. The number of carbonyl (C=O) groups is 2. The van der Waals surface area contributed by atoms with E-state index in [1.807, 2.05) is 6.07 Å². The molecule has 1 fully saturated rings. The number of methoxy groups -OCH3 is 1. The molecule has 0 saturated carbocycles. The van der Waals surface area contributed by atoms with Crippen LogP contribution in [0.4, 0.5) is 8.78 Å². The molecule has 1 atom stereocenters. The number of benzene rings is 2. The summed E-state index contributed by atoms with van der Waals surface area (Å²) < 4.78 is 33.2. The SMILES string of the molecule is COc1ccc(F)c(C(=O)N2CC[C@H](Cc3cccc(C(=O)O)c3)C2)c1F. The molecule has 5 nitrogen and oxygen atoms in total. The minimum absolute atomic E-state index is 0.0923. The minimum Gasteiger partial charge on any atom is -0.494 e. The zero-order chi connectivity index (χ0) is 19.6. The fraction of sp³-hybridized carbons (Fsp3) is 0.300. The van der Waals surface area contributed by atoms with Crippen molar-refractivity contribution >= 4 is 11.9 Å². The van der Waals surface area contributed by atoms with Crippen LogP contribution in [-0.4, -0.2) is 42.1 Å². The Bertz CT molecular complexity index is 884. The summed E-state index contributed by atoms with van der Waals surface area (Å²) in [7, 11) is 1.25. The van der Waals surface area contributed by atoms with Gasteiger partial charge in [0.1, 0.15) is 11.4 Å². The third-order valence-corrected chi connectivity index (χ3v) is 4.76. The van der Waals surface area contributed by atoms with E-state index >= 15 is 0 Å². The molecule has 1 N–H and O–H groups in total. The van der Waals surface area contributed by atoms with Crippen molar-refractivity contribution in [2.75, 3.05) is 20.2 Å². The second kappa shape index (κ2) is 7.73. The number of carbonyl (C=O) groups excluding carboxylic acids is 1. The van der Waals surface area contributed by atoms with E-state index in [0.29, 0.717) is 25.9 Å². The van der Waals surface area contributed by atoms with Crippen molar-refractivity contribution in [1.29, 1.82) is 0 Å². The number of hydrogen-bond donors (Lipinski definition) is 1. The highest BCUT2D eigenvalue weighted by Crippen LogP contribution is 2.28. The highest BCUT2D eigenvalue weighted by molar-refractivity contribution is 5.95. The van der Waals surface area contributed by atoms with Crippen LogP contribution >= 0.6 is 0 Å². The van der Waals surface area contributed by atoms with Crippen LogP contribution in [-0.2, 0) is 6.42 Å². The van der Waals surface area contributed by atoms with Crippen molar-refractivity contribution in [3.63, 3.8) is 0 Å². The molecular formula is C20H19F2NO4. The summed E-state index contributed by atoms with van der Waals surface area (Å²) in [6, 6.07) is 8.79. The lowest BCUT2D eigenvalue weighted by molar-refractivity contribution is 0.0696. The van der Waals surface area contributed by atoms with Gasteiger partial charge in [0, 0.05) is 13.1 Å². The predicted molar refractivity (Wildman–Crippen MR) is 94.0 cm³/mol. The molecule has 0 aromatic heterocycles. The van der Waals surface area contributed by atoms with E-state index in [9.17, 15) is 18.4 Å². The monoisotopic (exact) mass is 375 g/mol. The topological polar surface area (TPSA) is 66.8 Å². The van der Waals surface area contributed by atoms with Gasteiger partial charge in [-0.3, -0.25) is 4.79 Å². The summed E-state index contributed by atoms with van der Waals surface area (Å²) >= 11 is 0. The van der Waals surface area contributed by atoms with E-state index in [4.69, 9.17) is 9.84 Å². The Morgan fingerprint density at radius 3 is 2.74 bits per heavy atom. The van der Waals surface area contributed by atoms with Gasteiger partial charge in [-0.2, -0.15) is 0 Å². The molecule has 1 saturated heterocycles. The van der Waals surface area contributed by atoms with Gasteiger partial charge in [0.05, 0.1) is 12.7 Å². The summed E-state index contributed by atoms with van der Waals surface area (Å²) in [6.07, 6.45) is 1.27. The summed E-state index contributed by atoms with van der Waals surface area (Å²) in [4.78, 5) is 25.1. The van der Waals surface area contributed by atoms with Crippen LogP contribution in [0.1, 0.15) is 32.7 Å². The van der Waals surface area contributed by atoms with E-state index in [1.165, 1.54) is 18.1 Å². The molecule has 0 aliphatic carbocycles. The van der Waals surface area contributed by atoms with Crippen LogP contribution in [0.25, 0.3) is 0 Å². The average Bonchev–Trinajstić information content (AvgIpc) is 3.10. The Morgan fingerprint density at radius 2 is 2.04 bits per heavy atom. The smallest absolute Gasteiger partial charge is 0.335 e. The van der Waals surface area contributed by atoms with Gasteiger partial charge < -0.3 is 14.7 Å². The Labute approximate surface area is 155 Å². The molecule has 1 aliphatic rings. The molecular weight excluding hydrogens is 356 g/mol. The second-order valence-corrected chi connectivity index (χ2v) is 6.55. The van der Waals surface area contributed by atoms with E-state index in [-0.39, 0.29) is 17.2 Å². The third-order valence-electron chi connectivity index (χ3n) is 4.76. The number of carboxylic acids is 1. The molecule has 1 aliphatic heterocycles. The van der Waals surface area contributed by atoms with Crippen molar-refractivity contribution in [2.24, 2.45) is 5.92 Å². The number of aromatic carboxylic acids is 1. The number of carboxylic acid groups (broad SMARTS) is 1. The number of likely N-dealkylation sites (tertiary alicyclic amines) is 1. The first kappa shape index (κ1) is 18.8. The van der Waals surface area contributed by atoms with Gasteiger partial charge in [-0.25, -0.2) is 13.6 Å². The molecule has 0 spiro atoms. The van der Waals surface area contributed by atoms with Crippen LogP contribution in [0, 0.1) is 17.6 Å². The maximum absolute atomic E-state index is 14.3. The Hall–Kier alpha value is -2.96. The van der Waals surface area contributed by atoms with Crippen molar-refractivity contribution in [1.82, 2.24) is 4.90 Å². The highest BCUT2D eigenvalue weighted by atomic mass is 19.1. The van der Waals surface area contributed by atoms with Crippen molar-refractivity contribution in [2.45, 2.75) is 12.8 Å². The van der Waals surface area contributed by atoms with E-state index in [2.05, 4.69) is 0 Å². The predicted octanol–water partition coefficient (Wildman–Crippen LogP) is 3.38. The molecule has 3 rings (SSSR count). The number of hydrogen-bond acceptors (Lipinski definition) is 3. The maximum Gasteiger partial charge on any atom is 0.335 e. The maximum atomic E-state index is 14.3. The average molecular weight is 375 g/mol. The first-order valence-electron chi connectivity index (χ1n) is 8.54. The first-order valence-corrected chi connectivity index (χ1v) is 8.54. The molecule has 0 unspecified atom stereocenters.